The van der Waals surface area contributed by atoms with Crippen molar-refractivity contribution in [3.05, 3.63) is 29.6 Å². The zero-order valence-electron chi connectivity index (χ0n) is 8.86. The van der Waals surface area contributed by atoms with Gasteiger partial charge in [0.25, 0.3) is 6.17 Å². The van der Waals surface area contributed by atoms with Crippen LogP contribution in [0.3, 0.4) is 0 Å². The summed E-state index contributed by atoms with van der Waals surface area (Å²) in [6, 6.07) is 2.57. The van der Waals surface area contributed by atoms with E-state index in [0.29, 0.717) is 0 Å². The van der Waals surface area contributed by atoms with Crippen LogP contribution in [-0.2, 0) is 0 Å². The Morgan fingerprint density at radius 2 is 1.67 bits per heavy atom. The van der Waals surface area contributed by atoms with E-state index in [1.807, 2.05) is 0 Å². The number of alkyl halides is 6. The molecule has 0 amide bonds. The van der Waals surface area contributed by atoms with Crippen LogP contribution in [0.4, 0.5) is 30.7 Å². The van der Waals surface area contributed by atoms with Crippen molar-refractivity contribution in [1.82, 2.24) is 0 Å². The van der Waals surface area contributed by atoms with Gasteiger partial charge in [-0.3, -0.25) is 0 Å². The second-order valence-electron chi connectivity index (χ2n) is 3.48. The summed E-state index contributed by atoms with van der Waals surface area (Å²) in [5.41, 5.74) is 0.00838. The van der Waals surface area contributed by atoms with Crippen molar-refractivity contribution in [1.29, 1.82) is 0 Å². The van der Waals surface area contributed by atoms with Crippen LogP contribution in [0.15, 0.2) is 23.1 Å². The largest absolute Gasteiger partial charge is 0.426 e. The third-order valence-corrected chi connectivity index (χ3v) is 3.12. The molecular weight excluding hydrogens is 285 g/mol. The summed E-state index contributed by atoms with van der Waals surface area (Å²) in [6.07, 6.45) is -9.93. The SMILES string of the molecule is Cc1cc(F)ccc1SC(F)(F)C(F)C(F)(F)F. The average Bonchev–Trinajstić information content (AvgIpc) is 2.20. The highest BCUT2D eigenvalue weighted by atomic mass is 32.2. The van der Waals surface area contributed by atoms with Crippen molar-refractivity contribution < 1.29 is 30.7 Å². The number of halogens is 7. The highest BCUT2D eigenvalue weighted by molar-refractivity contribution is 8.00. The molecule has 0 aliphatic carbocycles. The molecule has 0 radical (unpaired) electrons. The molecule has 0 aliphatic heterocycles. The fraction of sp³-hybridized carbons (Fsp3) is 0.400. The molecule has 0 N–H and O–H groups in total. The summed E-state index contributed by atoms with van der Waals surface area (Å²) in [4.78, 5) is -0.312. The second-order valence-corrected chi connectivity index (χ2v) is 4.67. The van der Waals surface area contributed by atoms with Gasteiger partial charge in [0.2, 0.25) is 0 Å². The van der Waals surface area contributed by atoms with Crippen molar-refractivity contribution in [2.24, 2.45) is 0 Å². The number of rotatable bonds is 3. The van der Waals surface area contributed by atoms with Gasteiger partial charge in [-0.05, 0) is 42.4 Å². The maximum Gasteiger partial charge on any atom is 0.426 e. The Kier molecular flexibility index (Phi) is 4.19. The number of hydrogen-bond acceptors (Lipinski definition) is 1. The summed E-state index contributed by atoms with van der Waals surface area (Å²) in [5.74, 6) is -0.715. The van der Waals surface area contributed by atoms with E-state index in [0.717, 1.165) is 18.2 Å². The molecule has 0 nitrogen and oxygen atoms in total. The molecule has 1 aromatic carbocycles. The molecule has 8 heteroatoms. The standard InChI is InChI=1S/C10H7F7S/c1-5-4-6(11)2-3-7(5)18-10(16,17)8(12)9(13,14)15/h2-4,8H,1H3. The average molecular weight is 292 g/mol. The molecule has 1 atom stereocenters. The van der Waals surface area contributed by atoms with Crippen LogP contribution in [0, 0.1) is 12.7 Å². The van der Waals surface area contributed by atoms with E-state index in [2.05, 4.69) is 0 Å². The van der Waals surface area contributed by atoms with Crippen LogP contribution >= 0.6 is 11.8 Å². The van der Waals surface area contributed by atoms with Gasteiger partial charge in [-0.15, -0.1) is 0 Å². The van der Waals surface area contributed by atoms with Gasteiger partial charge in [-0.1, -0.05) is 0 Å². The lowest BCUT2D eigenvalue weighted by atomic mass is 10.2. The van der Waals surface area contributed by atoms with Gasteiger partial charge in [0.15, 0.2) is 0 Å². The van der Waals surface area contributed by atoms with Crippen molar-refractivity contribution >= 4 is 11.8 Å². The molecule has 0 spiro atoms. The van der Waals surface area contributed by atoms with Gasteiger partial charge >= 0.3 is 11.4 Å². The maximum absolute atomic E-state index is 13.1. The third kappa shape index (κ3) is 3.54. The molecule has 0 saturated carbocycles. The molecule has 18 heavy (non-hydrogen) atoms. The maximum atomic E-state index is 13.1. The predicted molar refractivity (Wildman–Crippen MR) is 52.9 cm³/mol. The summed E-state index contributed by atoms with van der Waals surface area (Å²) < 4.78 is 87.1. The zero-order valence-corrected chi connectivity index (χ0v) is 9.68. The smallest absolute Gasteiger partial charge is 0.230 e. The Bertz CT molecular complexity index is 427. The van der Waals surface area contributed by atoms with Crippen LogP contribution in [0.1, 0.15) is 5.56 Å². The van der Waals surface area contributed by atoms with E-state index in [-0.39, 0.29) is 10.5 Å². The molecule has 0 saturated heterocycles. The predicted octanol–water partition coefficient (Wildman–Crippen LogP) is 4.72. The minimum Gasteiger partial charge on any atom is -0.230 e. The van der Waals surface area contributed by atoms with E-state index in [9.17, 15) is 30.7 Å². The number of hydrogen-bond donors (Lipinski definition) is 0. The Hall–Kier alpha value is -0.920. The zero-order chi connectivity index (χ0) is 14.1. The highest BCUT2D eigenvalue weighted by Gasteiger charge is 2.57. The molecule has 1 aromatic rings. The first-order valence-electron chi connectivity index (χ1n) is 4.58. The van der Waals surface area contributed by atoms with Crippen molar-refractivity contribution in [3.8, 4) is 0 Å². The van der Waals surface area contributed by atoms with Gasteiger partial charge in [0, 0.05) is 4.90 Å². The fourth-order valence-corrected chi connectivity index (χ4v) is 2.00. The minimum absolute atomic E-state index is 0.00838. The molecule has 0 fully saturated rings. The van der Waals surface area contributed by atoms with Gasteiger partial charge in [-0.2, -0.15) is 22.0 Å². The van der Waals surface area contributed by atoms with Crippen LogP contribution in [0.25, 0.3) is 0 Å². The Balaban J connectivity index is 2.95. The van der Waals surface area contributed by atoms with Crippen molar-refractivity contribution in [2.75, 3.05) is 0 Å². The van der Waals surface area contributed by atoms with Crippen LogP contribution in [0.2, 0.25) is 0 Å². The Labute approximate surface area is 102 Å². The van der Waals surface area contributed by atoms with Crippen LogP contribution in [-0.4, -0.2) is 17.6 Å². The molecule has 0 heterocycles. The summed E-state index contributed by atoms with van der Waals surface area (Å²) in [5, 5.41) is -4.67. The summed E-state index contributed by atoms with van der Waals surface area (Å²) in [7, 11) is 0. The normalized spacial score (nSPS) is 14.7. The molecule has 1 rings (SSSR count). The first-order chi connectivity index (χ1) is 8.04. The molecule has 102 valence electrons. The molecule has 1 unspecified atom stereocenters. The number of aryl methyl sites for hydroxylation is 1. The van der Waals surface area contributed by atoms with Crippen molar-refractivity contribution in [2.45, 2.75) is 29.4 Å². The van der Waals surface area contributed by atoms with E-state index >= 15 is 0 Å². The lowest BCUT2D eigenvalue weighted by Gasteiger charge is -2.22. The molecular formula is C10H7F7S. The Morgan fingerprint density at radius 1 is 1.11 bits per heavy atom. The van der Waals surface area contributed by atoms with Crippen LogP contribution < -0.4 is 0 Å². The molecule has 0 aliphatic rings. The van der Waals surface area contributed by atoms with E-state index in [1.165, 1.54) is 6.92 Å². The third-order valence-electron chi connectivity index (χ3n) is 1.97. The summed E-state index contributed by atoms with van der Waals surface area (Å²) >= 11 is -0.579. The molecule has 0 aromatic heterocycles. The first-order valence-corrected chi connectivity index (χ1v) is 5.39. The lowest BCUT2D eigenvalue weighted by molar-refractivity contribution is -0.219. The number of thioether (sulfide) groups is 1. The van der Waals surface area contributed by atoms with Gasteiger partial charge in [-0.25, -0.2) is 8.78 Å². The van der Waals surface area contributed by atoms with Gasteiger partial charge in [0.1, 0.15) is 5.82 Å². The fourth-order valence-electron chi connectivity index (χ4n) is 1.12. The van der Waals surface area contributed by atoms with Gasteiger partial charge in [0.05, 0.1) is 0 Å². The van der Waals surface area contributed by atoms with Gasteiger partial charge < -0.3 is 0 Å². The van der Waals surface area contributed by atoms with E-state index < -0.39 is 35.2 Å². The monoisotopic (exact) mass is 292 g/mol. The topological polar surface area (TPSA) is 0 Å². The quantitative estimate of drug-likeness (QED) is 0.574. The van der Waals surface area contributed by atoms with E-state index in [1.54, 1.807) is 0 Å². The minimum atomic E-state index is -5.65. The summed E-state index contributed by atoms with van der Waals surface area (Å²) in [6.45, 7) is 1.24. The highest BCUT2D eigenvalue weighted by Crippen LogP contribution is 2.46. The molecule has 0 bridgehead atoms. The second kappa shape index (κ2) is 4.99. The lowest BCUT2D eigenvalue weighted by Crippen LogP contribution is -2.39. The van der Waals surface area contributed by atoms with E-state index in [4.69, 9.17) is 0 Å². The van der Waals surface area contributed by atoms with Crippen LogP contribution in [0.5, 0.6) is 0 Å². The Morgan fingerprint density at radius 3 is 2.11 bits per heavy atom. The first kappa shape index (κ1) is 15.1. The van der Waals surface area contributed by atoms with Crippen molar-refractivity contribution in [3.63, 3.8) is 0 Å². The number of benzene rings is 1.